The molecule has 5 atom stereocenters. The molecule has 0 aromatic heterocycles. The van der Waals surface area contributed by atoms with Crippen molar-refractivity contribution in [2.45, 2.75) is 30.7 Å². The summed E-state index contributed by atoms with van der Waals surface area (Å²) in [5.41, 5.74) is 6.98. The summed E-state index contributed by atoms with van der Waals surface area (Å²) in [4.78, 5) is 25.7. The number of carbonyl (C=O) groups excluding carboxylic acids is 2. The summed E-state index contributed by atoms with van der Waals surface area (Å²) in [6, 6.07) is 9.31. The van der Waals surface area contributed by atoms with E-state index in [1.807, 2.05) is 0 Å². The minimum absolute atomic E-state index is 0.145. The molecule has 2 aromatic rings. The molecule has 1 aliphatic rings. The quantitative estimate of drug-likeness (QED) is 0.348. The number of rotatable bonds is 7. The second kappa shape index (κ2) is 10.4. The first-order valence-corrected chi connectivity index (χ1v) is 10.4. The zero-order valence-corrected chi connectivity index (χ0v) is 18.9. The number of ether oxygens (including phenoxy) is 3. The number of amides is 2. The second-order valence-electron chi connectivity index (χ2n) is 8.04. The summed E-state index contributed by atoms with van der Waals surface area (Å²) in [7, 11) is 4.57. The lowest BCUT2D eigenvalue weighted by Gasteiger charge is -2.39. The van der Waals surface area contributed by atoms with E-state index < -0.39 is 43.2 Å². The molecule has 184 valence electrons. The lowest BCUT2D eigenvalue weighted by molar-refractivity contribution is -0.277. The predicted molar refractivity (Wildman–Crippen MR) is 119 cm³/mol. The van der Waals surface area contributed by atoms with Gasteiger partial charge in [0.15, 0.2) is 11.5 Å². The van der Waals surface area contributed by atoms with Gasteiger partial charge in [-0.25, -0.2) is 0 Å². The molecule has 1 aliphatic heterocycles. The van der Waals surface area contributed by atoms with Crippen molar-refractivity contribution in [3.63, 3.8) is 0 Å². The maximum atomic E-state index is 12.5. The third-order valence-corrected chi connectivity index (χ3v) is 5.46. The summed E-state index contributed by atoms with van der Waals surface area (Å²) in [5, 5.41) is 39.5. The van der Waals surface area contributed by atoms with Crippen molar-refractivity contribution in [2.75, 3.05) is 27.8 Å². The molecule has 2 aromatic carbocycles. The lowest BCUT2D eigenvalue weighted by atomic mass is 9.98. The van der Waals surface area contributed by atoms with Gasteiger partial charge in [0.05, 0.1) is 13.7 Å². The van der Waals surface area contributed by atoms with E-state index in [1.54, 1.807) is 38.4 Å². The van der Waals surface area contributed by atoms with E-state index in [1.165, 1.54) is 24.1 Å². The van der Waals surface area contributed by atoms with Crippen LogP contribution in [0.2, 0.25) is 0 Å². The van der Waals surface area contributed by atoms with Crippen molar-refractivity contribution in [2.24, 2.45) is 5.73 Å². The normalized spacial score (nSPS) is 24.4. The Hall–Kier alpha value is -3.22. The first-order valence-electron chi connectivity index (χ1n) is 10.4. The molecule has 1 heterocycles. The number of aliphatic hydroxyl groups is 4. The molecule has 6 N–H and O–H groups in total. The molecule has 1 fully saturated rings. The van der Waals surface area contributed by atoms with Gasteiger partial charge in [-0.1, -0.05) is 6.07 Å². The summed E-state index contributed by atoms with van der Waals surface area (Å²) < 4.78 is 16.4. The van der Waals surface area contributed by atoms with Gasteiger partial charge in [-0.3, -0.25) is 9.59 Å². The largest absolute Gasteiger partial charge is 0.493 e. The van der Waals surface area contributed by atoms with E-state index in [0.717, 1.165) is 0 Å². The zero-order valence-electron chi connectivity index (χ0n) is 18.9. The molecule has 1 saturated heterocycles. The lowest BCUT2D eigenvalue weighted by Crippen LogP contribution is -2.60. The minimum atomic E-state index is -1.59. The van der Waals surface area contributed by atoms with Crippen LogP contribution in [0.1, 0.15) is 20.7 Å². The number of hydrogen-bond acceptors (Lipinski definition) is 9. The van der Waals surface area contributed by atoms with Crippen LogP contribution in [-0.2, 0) is 4.74 Å². The van der Waals surface area contributed by atoms with Gasteiger partial charge in [0, 0.05) is 25.2 Å². The van der Waals surface area contributed by atoms with E-state index in [0.29, 0.717) is 11.1 Å². The van der Waals surface area contributed by atoms with Crippen molar-refractivity contribution in [1.82, 2.24) is 4.90 Å². The molecule has 34 heavy (non-hydrogen) atoms. The molecule has 0 radical (unpaired) electrons. The summed E-state index contributed by atoms with van der Waals surface area (Å²) in [5.74, 6) is -0.631. The van der Waals surface area contributed by atoms with Crippen LogP contribution in [0.4, 0.5) is 0 Å². The highest BCUT2D eigenvalue weighted by Gasteiger charge is 2.45. The van der Waals surface area contributed by atoms with Gasteiger partial charge in [0.25, 0.3) is 5.91 Å². The molecule has 3 rings (SSSR count). The van der Waals surface area contributed by atoms with Crippen LogP contribution >= 0.6 is 0 Å². The highest BCUT2D eigenvalue weighted by molar-refractivity contribution is 6.00. The van der Waals surface area contributed by atoms with Gasteiger partial charge in [0.2, 0.25) is 12.2 Å². The van der Waals surface area contributed by atoms with Crippen LogP contribution in [0.5, 0.6) is 11.5 Å². The van der Waals surface area contributed by atoms with Crippen LogP contribution in [-0.4, -0.2) is 95.7 Å². The van der Waals surface area contributed by atoms with Crippen LogP contribution in [0.25, 0.3) is 11.1 Å². The minimum Gasteiger partial charge on any atom is -0.493 e. The number of carbonyl (C=O) groups is 2. The van der Waals surface area contributed by atoms with Crippen molar-refractivity contribution < 1.29 is 44.2 Å². The van der Waals surface area contributed by atoms with E-state index in [9.17, 15) is 30.0 Å². The number of nitrogens with two attached hydrogens (primary N) is 1. The fourth-order valence-electron chi connectivity index (χ4n) is 3.55. The molecule has 0 aliphatic carbocycles. The number of methoxy groups -OCH3 is 1. The van der Waals surface area contributed by atoms with Crippen molar-refractivity contribution in [3.8, 4) is 22.6 Å². The standard InChI is InChI=1S/C23H28N2O9/c1-25(2)22(31)14-7-12(6-13(8-14)21(24)30)11-4-5-15(16(9-11)32-3)33-23-20(29)19(28)18(27)17(10-26)34-23/h4-9,17-20,23,26-29H,10H2,1-3H3,(H2,24,30)/t17-,18-,19+,20+,23+/m1/s1. The van der Waals surface area contributed by atoms with Gasteiger partial charge in [0.1, 0.15) is 24.4 Å². The Morgan fingerprint density at radius 2 is 1.65 bits per heavy atom. The van der Waals surface area contributed by atoms with Crippen LogP contribution in [0.3, 0.4) is 0 Å². The molecular formula is C23H28N2O9. The number of benzene rings is 2. The Labute approximate surface area is 195 Å². The topological polar surface area (TPSA) is 172 Å². The van der Waals surface area contributed by atoms with Crippen LogP contribution in [0.15, 0.2) is 36.4 Å². The monoisotopic (exact) mass is 476 g/mol. The predicted octanol–water partition coefficient (Wildman–Crippen LogP) is -0.658. The van der Waals surface area contributed by atoms with Crippen molar-refractivity contribution >= 4 is 11.8 Å². The third-order valence-electron chi connectivity index (χ3n) is 5.46. The smallest absolute Gasteiger partial charge is 0.253 e. The first-order chi connectivity index (χ1) is 16.1. The Bertz CT molecular complexity index is 1060. The van der Waals surface area contributed by atoms with E-state index >= 15 is 0 Å². The van der Waals surface area contributed by atoms with Crippen LogP contribution < -0.4 is 15.2 Å². The van der Waals surface area contributed by atoms with Crippen molar-refractivity contribution in [1.29, 1.82) is 0 Å². The SMILES string of the molecule is COc1cc(-c2cc(C(N)=O)cc(C(=O)N(C)C)c2)ccc1O[C@H]1O[C@H](CO)[C@@H](O)[C@H](O)[C@@H]1O. The highest BCUT2D eigenvalue weighted by atomic mass is 16.7. The van der Waals surface area contributed by atoms with Gasteiger partial charge >= 0.3 is 0 Å². The number of hydrogen-bond donors (Lipinski definition) is 5. The average Bonchev–Trinajstić information content (AvgIpc) is 2.83. The molecule has 0 unspecified atom stereocenters. The summed E-state index contributed by atoms with van der Waals surface area (Å²) >= 11 is 0. The van der Waals surface area contributed by atoms with Gasteiger partial charge in [-0.15, -0.1) is 0 Å². The fourth-order valence-corrected chi connectivity index (χ4v) is 3.55. The maximum Gasteiger partial charge on any atom is 0.253 e. The fraction of sp³-hybridized carbons (Fsp3) is 0.391. The van der Waals surface area contributed by atoms with E-state index in [2.05, 4.69) is 0 Å². The maximum absolute atomic E-state index is 12.5. The Kier molecular flexibility index (Phi) is 7.75. The molecular weight excluding hydrogens is 448 g/mol. The molecule has 2 amide bonds. The Balaban J connectivity index is 1.95. The number of nitrogens with zero attached hydrogens (tertiary/aromatic N) is 1. The van der Waals surface area contributed by atoms with Gasteiger partial charge in [-0.2, -0.15) is 0 Å². The zero-order chi connectivity index (χ0) is 25.2. The molecule has 0 bridgehead atoms. The molecule has 11 heteroatoms. The summed E-state index contributed by atoms with van der Waals surface area (Å²) in [6.07, 6.45) is -7.21. The van der Waals surface area contributed by atoms with E-state index in [-0.39, 0.29) is 28.5 Å². The Morgan fingerprint density at radius 3 is 2.24 bits per heavy atom. The third kappa shape index (κ3) is 5.13. The molecule has 11 nitrogen and oxygen atoms in total. The number of primary amides is 1. The van der Waals surface area contributed by atoms with Gasteiger partial charge in [-0.05, 0) is 41.5 Å². The number of aliphatic hydroxyl groups excluding tert-OH is 4. The second-order valence-corrected chi connectivity index (χ2v) is 8.04. The highest BCUT2D eigenvalue weighted by Crippen LogP contribution is 2.35. The molecule has 0 saturated carbocycles. The first kappa shape index (κ1) is 25.4. The summed E-state index contributed by atoms with van der Waals surface area (Å²) in [6.45, 7) is -0.592. The van der Waals surface area contributed by atoms with Gasteiger partial charge < -0.3 is 45.3 Å². The van der Waals surface area contributed by atoms with Crippen LogP contribution in [0, 0.1) is 0 Å². The Morgan fingerprint density at radius 1 is 0.971 bits per heavy atom. The van der Waals surface area contributed by atoms with E-state index in [4.69, 9.17) is 19.9 Å². The average molecular weight is 476 g/mol. The molecule has 0 spiro atoms. The van der Waals surface area contributed by atoms with Crippen molar-refractivity contribution in [3.05, 3.63) is 47.5 Å².